The summed E-state index contributed by atoms with van der Waals surface area (Å²) in [6.07, 6.45) is 6.21. The lowest BCUT2D eigenvalue weighted by atomic mass is 10.2. The highest BCUT2D eigenvalue weighted by Crippen LogP contribution is 2.01. The average Bonchev–Trinajstić information content (AvgIpc) is 2.34. The van der Waals surface area contributed by atoms with Gasteiger partial charge in [-0.05, 0) is 13.3 Å². The molecular weight excluding hydrogens is 259 g/mol. The van der Waals surface area contributed by atoms with Crippen molar-refractivity contribution in [3.8, 4) is 0 Å². The van der Waals surface area contributed by atoms with E-state index in [0.717, 1.165) is 12.3 Å². The highest BCUT2D eigenvalue weighted by atomic mass is 35.5. The van der Waals surface area contributed by atoms with Crippen LogP contribution in [0.3, 0.4) is 0 Å². The van der Waals surface area contributed by atoms with Gasteiger partial charge in [0.25, 0.3) is 0 Å². The molecule has 2 nitrogen and oxygen atoms in total. The highest BCUT2D eigenvalue weighted by Gasteiger charge is 2.04. The van der Waals surface area contributed by atoms with Crippen LogP contribution < -0.4 is 0 Å². The van der Waals surface area contributed by atoms with E-state index in [-0.39, 0.29) is 12.0 Å². The molecule has 0 unspecified atom stereocenters. The summed E-state index contributed by atoms with van der Waals surface area (Å²) in [6, 6.07) is -0.101. The zero-order valence-corrected chi connectivity index (χ0v) is 12.9. The number of rotatable bonds is 4. The van der Waals surface area contributed by atoms with Gasteiger partial charge in [0.15, 0.2) is 6.07 Å². The van der Waals surface area contributed by atoms with Gasteiger partial charge in [0.1, 0.15) is 0 Å². The van der Waals surface area contributed by atoms with Crippen molar-refractivity contribution in [3.63, 3.8) is 0 Å². The third-order valence-electron chi connectivity index (χ3n) is 1.27. The lowest BCUT2D eigenvalue weighted by Gasteiger charge is -1.99. The smallest absolute Gasteiger partial charge is 0.338 e. The Morgan fingerprint density at radius 2 is 1.71 bits per heavy atom. The first-order chi connectivity index (χ1) is 8.17. The second kappa shape index (κ2) is 20.9. The van der Waals surface area contributed by atoms with Gasteiger partial charge in [-0.25, -0.2) is 4.79 Å². The van der Waals surface area contributed by atoms with E-state index in [4.69, 9.17) is 23.2 Å². The Labute approximate surface area is 116 Å². The fourth-order valence-electron chi connectivity index (χ4n) is 0.660. The summed E-state index contributed by atoms with van der Waals surface area (Å²) in [4.78, 5) is 11.1. The second-order valence-corrected chi connectivity index (χ2v) is 3.12. The predicted molar refractivity (Wildman–Crippen MR) is 77.7 cm³/mol. The van der Waals surface area contributed by atoms with Crippen molar-refractivity contribution < 1.29 is 9.53 Å². The Morgan fingerprint density at radius 3 is 2.00 bits per heavy atom. The van der Waals surface area contributed by atoms with Crippen molar-refractivity contribution in [2.75, 3.05) is 11.9 Å². The molecule has 0 aliphatic heterocycles. The van der Waals surface area contributed by atoms with Crippen LogP contribution >= 0.6 is 23.2 Å². The number of esters is 1. The molecule has 0 N–H and O–H groups in total. The number of carbonyl (C=O) groups excluding carboxylic acids is 1. The molecule has 0 fully saturated rings. The van der Waals surface area contributed by atoms with Crippen LogP contribution in [0.2, 0.25) is 0 Å². The van der Waals surface area contributed by atoms with Crippen LogP contribution in [0.25, 0.3) is 0 Å². The number of ether oxygens (including phenoxy) is 1. The molecule has 102 valence electrons. The number of carbonyl (C=O) groups is 1. The second-order valence-electron chi connectivity index (χ2n) is 2.36. The van der Waals surface area contributed by atoms with Crippen molar-refractivity contribution in [2.24, 2.45) is 0 Å². The Bertz CT molecular complexity index is 211. The lowest BCUT2D eigenvalue weighted by Crippen LogP contribution is -2.04. The molecular formula is C13H24Cl2O2. The van der Waals surface area contributed by atoms with Gasteiger partial charge in [-0.15, -0.1) is 11.6 Å². The Balaban J connectivity index is -0.000000337. The maximum atomic E-state index is 11.1. The van der Waals surface area contributed by atoms with Crippen LogP contribution in [0.5, 0.6) is 0 Å². The molecule has 0 radical (unpaired) electrons. The maximum absolute atomic E-state index is 11.1. The molecule has 0 aromatic rings. The molecule has 0 atom stereocenters. The molecule has 0 rings (SSSR count). The first kappa shape index (κ1) is 21.8. The highest BCUT2D eigenvalue weighted by molar-refractivity contribution is 6.18. The Kier molecular flexibility index (Phi) is 26.8. The molecule has 0 saturated heterocycles. The van der Waals surface area contributed by atoms with E-state index in [2.05, 4.69) is 4.74 Å². The zero-order chi connectivity index (χ0) is 14.1. The van der Waals surface area contributed by atoms with Crippen LogP contribution in [0.15, 0.2) is 23.8 Å². The third kappa shape index (κ3) is 18.1. The molecule has 0 aliphatic carbocycles. The van der Waals surface area contributed by atoms with E-state index in [1.165, 1.54) is 0 Å². The summed E-state index contributed by atoms with van der Waals surface area (Å²) in [7, 11) is 0. The van der Waals surface area contributed by atoms with E-state index < -0.39 is 0 Å². The van der Waals surface area contributed by atoms with Gasteiger partial charge in [0.05, 0.1) is 5.57 Å². The number of allylic oxidation sites excluding steroid dienone is 2. The SMILES string of the molecule is C/C=C(\C=C/CC)C(=O)OCCl.CC.CCCl. The number of halogens is 2. The monoisotopic (exact) mass is 282 g/mol. The summed E-state index contributed by atoms with van der Waals surface area (Å²) in [6.45, 7) is 9.67. The molecule has 0 bridgehead atoms. The molecule has 0 saturated carbocycles. The minimum absolute atomic E-state index is 0.101. The summed E-state index contributed by atoms with van der Waals surface area (Å²) < 4.78 is 4.60. The molecule has 17 heavy (non-hydrogen) atoms. The van der Waals surface area contributed by atoms with Gasteiger partial charge >= 0.3 is 5.97 Å². The summed E-state index contributed by atoms with van der Waals surface area (Å²) in [5.41, 5.74) is 0.539. The fourth-order valence-corrected chi connectivity index (χ4v) is 0.759. The van der Waals surface area contributed by atoms with Gasteiger partial charge in [-0.2, -0.15) is 0 Å². The normalized spacial score (nSPS) is 9.94. The summed E-state index contributed by atoms with van der Waals surface area (Å²) >= 11 is 10.2. The van der Waals surface area contributed by atoms with Crippen molar-refractivity contribution >= 4 is 29.2 Å². The summed E-state index contributed by atoms with van der Waals surface area (Å²) in [5.74, 6) is 0.345. The largest absolute Gasteiger partial charge is 0.446 e. The van der Waals surface area contributed by atoms with Crippen LogP contribution in [0.4, 0.5) is 0 Å². The molecule has 0 aromatic carbocycles. The van der Waals surface area contributed by atoms with E-state index in [1.54, 1.807) is 19.1 Å². The van der Waals surface area contributed by atoms with E-state index in [1.807, 2.05) is 33.8 Å². The summed E-state index contributed by atoms with van der Waals surface area (Å²) in [5, 5.41) is 0. The van der Waals surface area contributed by atoms with Crippen LogP contribution in [-0.2, 0) is 9.53 Å². The molecule has 4 heteroatoms. The average molecular weight is 283 g/mol. The van der Waals surface area contributed by atoms with Gasteiger partial charge in [0.2, 0.25) is 0 Å². The first-order valence-electron chi connectivity index (χ1n) is 5.79. The lowest BCUT2D eigenvalue weighted by molar-refractivity contribution is -0.136. The van der Waals surface area contributed by atoms with Crippen molar-refractivity contribution in [2.45, 2.75) is 41.0 Å². The number of alkyl halides is 2. The van der Waals surface area contributed by atoms with Crippen LogP contribution in [0, 0.1) is 0 Å². The Hall–Kier alpha value is -0.470. The topological polar surface area (TPSA) is 26.3 Å². The van der Waals surface area contributed by atoms with Crippen molar-refractivity contribution in [1.82, 2.24) is 0 Å². The molecule has 0 aromatic heterocycles. The number of hydrogen-bond donors (Lipinski definition) is 0. The van der Waals surface area contributed by atoms with Crippen LogP contribution in [-0.4, -0.2) is 17.9 Å². The minimum Gasteiger partial charge on any atom is -0.446 e. The van der Waals surface area contributed by atoms with E-state index in [0.29, 0.717) is 5.57 Å². The molecule has 0 spiro atoms. The van der Waals surface area contributed by atoms with Crippen molar-refractivity contribution in [3.05, 3.63) is 23.8 Å². The molecule has 0 aliphatic rings. The third-order valence-corrected chi connectivity index (χ3v) is 1.37. The van der Waals surface area contributed by atoms with Crippen LogP contribution in [0.1, 0.15) is 41.0 Å². The van der Waals surface area contributed by atoms with E-state index >= 15 is 0 Å². The van der Waals surface area contributed by atoms with Gasteiger partial charge < -0.3 is 4.74 Å². The number of hydrogen-bond acceptors (Lipinski definition) is 2. The fraction of sp³-hybridized carbons (Fsp3) is 0.615. The minimum atomic E-state index is -0.378. The standard InChI is InChI=1S/C9H13ClO2.C2H5Cl.C2H6/c1-3-5-6-8(4-2)9(11)12-7-10;1-2-3;1-2/h4-6H,3,7H2,1-2H3;2H2,1H3;1-2H3/b6-5-,8-4+;;. The quantitative estimate of drug-likeness (QED) is 0.317. The molecule has 0 amide bonds. The maximum Gasteiger partial charge on any atom is 0.338 e. The zero-order valence-electron chi connectivity index (χ0n) is 11.4. The van der Waals surface area contributed by atoms with Gasteiger partial charge in [0, 0.05) is 5.88 Å². The van der Waals surface area contributed by atoms with Gasteiger partial charge in [-0.3, -0.25) is 0 Å². The Morgan fingerprint density at radius 1 is 1.24 bits per heavy atom. The first-order valence-corrected chi connectivity index (χ1v) is 6.86. The molecule has 0 heterocycles. The van der Waals surface area contributed by atoms with Crippen molar-refractivity contribution in [1.29, 1.82) is 0 Å². The van der Waals surface area contributed by atoms with Gasteiger partial charge in [-0.1, -0.05) is 57.5 Å². The predicted octanol–water partition coefficient (Wildman–Crippen LogP) is 4.91. The van der Waals surface area contributed by atoms with E-state index in [9.17, 15) is 4.79 Å².